The standard InChI is InChI=1S/C33H43N3O3.C2HF3O2.C2H6/c1-5-25(4)36-20-23(2)17-29(26-7-8-26)18-24(3)30(22-36)21-35-15-6-13-33(14-16-35)19-31(34-39-33)27-9-11-28(12-10-27)32(37)38;3-2(4,5)1(6)7;1-2/h9-12,17-18,22,25-26H,3,5-8,13-16,19-21H2,1-2,4H3,(H,37,38);(H,6,7);1-2H3/b23-17-,29-18+,30-22-;;. The second kappa shape index (κ2) is 17.0. The Hall–Kier alpha value is -3.86. The van der Waals surface area contributed by atoms with E-state index in [1.165, 1.54) is 29.6 Å². The summed E-state index contributed by atoms with van der Waals surface area (Å²) in [4.78, 5) is 31.3. The van der Waals surface area contributed by atoms with Gasteiger partial charge >= 0.3 is 18.1 Å². The summed E-state index contributed by atoms with van der Waals surface area (Å²) in [7, 11) is 0. The lowest BCUT2D eigenvalue weighted by molar-refractivity contribution is -0.192. The van der Waals surface area contributed by atoms with Gasteiger partial charge in [0, 0.05) is 44.7 Å². The first-order chi connectivity index (χ1) is 22.7. The Balaban J connectivity index is 0.000000618. The summed E-state index contributed by atoms with van der Waals surface area (Å²) >= 11 is 0. The molecule has 1 saturated carbocycles. The molecular formula is C37H50F3N3O5. The van der Waals surface area contributed by atoms with Gasteiger partial charge in [-0.2, -0.15) is 13.2 Å². The van der Waals surface area contributed by atoms with Crippen LogP contribution >= 0.6 is 0 Å². The Labute approximate surface area is 282 Å². The molecule has 2 N–H and O–H groups in total. The summed E-state index contributed by atoms with van der Waals surface area (Å²) in [5.74, 6) is -2.98. The molecule has 264 valence electrons. The number of hydrogen-bond acceptors (Lipinski definition) is 6. The van der Waals surface area contributed by atoms with Crippen molar-refractivity contribution in [3.8, 4) is 0 Å². The average molecular weight is 674 g/mol. The van der Waals surface area contributed by atoms with Crippen molar-refractivity contribution in [3.05, 3.63) is 82.6 Å². The number of rotatable bonds is 7. The minimum absolute atomic E-state index is 0.276. The number of halogens is 3. The highest BCUT2D eigenvalue weighted by molar-refractivity contribution is 6.02. The molecule has 1 aliphatic carbocycles. The SMILES string of the molecule is C=C1/C=C(C2CC2)\C=C(\C)CN(C(C)CC)/C=C\1CN1CCCC2(CC1)CC(c1ccc(C(=O)O)cc1)=NO2.CC.O=C(O)C(F)(F)F. The van der Waals surface area contributed by atoms with Crippen molar-refractivity contribution >= 4 is 17.7 Å². The fourth-order valence-electron chi connectivity index (χ4n) is 5.97. The lowest BCUT2D eigenvalue weighted by Crippen LogP contribution is -2.34. The zero-order chi connectivity index (χ0) is 35.6. The van der Waals surface area contributed by atoms with Gasteiger partial charge in [-0.25, -0.2) is 9.59 Å². The van der Waals surface area contributed by atoms with Crippen LogP contribution in [0.3, 0.4) is 0 Å². The normalized spacial score (nSPS) is 25.7. The molecule has 3 heterocycles. The van der Waals surface area contributed by atoms with Crippen molar-refractivity contribution in [1.82, 2.24) is 9.80 Å². The Kier molecular flexibility index (Phi) is 13.7. The third-order valence-electron chi connectivity index (χ3n) is 9.06. The summed E-state index contributed by atoms with van der Waals surface area (Å²) in [5, 5.41) is 20.8. The molecule has 0 bridgehead atoms. The van der Waals surface area contributed by atoms with E-state index in [1.807, 2.05) is 26.0 Å². The molecule has 4 aliphatic rings. The molecule has 48 heavy (non-hydrogen) atoms. The molecule has 2 atom stereocenters. The molecule has 5 rings (SSSR count). The van der Waals surface area contributed by atoms with E-state index < -0.39 is 18.1 Å². The summed E-state index contributed by atoms with van der Waals surface area (Å²) in [6, 6.07) is 7.43. The number of carboxylic acids is 2. The molecule has 11 heteroatoms. The van der Waals surface area contributed by atoms with Gasteiger partial charge < -0.3 is 20.0 Å². The van der Waals surface area contributed by atoms with E-state index in [0.29, 0.717) is 12.0 Å². The van der Waals surface area contributed by atoms with Crippen molar-refractivity contribution in [1.29, 1.82) is 0 Å². The van der Waals surface area contributed by atoms with E-state index in [2.05, 4.69) is 60.7 Å². The Morgan fingerprint density at radius 1 is 1.10 bits per heavy atom. The zero-order valence-corrected chi connectivity index (χ0v) is 28.8. The molecule has 2 fully saturated rings. The molecular weight excluding hydrogens is 623 g/mol. The van der Waals surface area contributed by atoms with Crippen LogP contribution in [-0.4, -0.2) is 81.7 Å². The van der Waals surface area contributed by atoms with E-state index >= 15 is 0 Å². The van der Waals surface area contributed by atoms with Gasteiger partial charge in [-0.15, -0.1) is 0 Å². The van der Waals surface area contributed by atoms with Gasteiger partial charge in [0.15, 0.2) is 0 Å². The second-order valence-electron chi connectivity index (χ2n) is 12.8. The van der Waals surface area contributed by atoms with Crippen LogP contribution in [0.25, 0.3) is 0 Å². The lowest BCUT2D eigenvalue weighted by atomic mass is 9.88. The molecule has 0 amide bonds. The minimum atomic E-state index is -5.08. The van der Waals surface area contributed by atoms with Gasteiger partial charge in [-0.05, 0) is 92.8 Å². The number of hydrogen-bond donors (Lipinski definition) is 2. The number of aliphatic carboxylic acids is 1. The van der Waals surface area contributed by atoms with Crippen molar-refractivity contribution in [2.24, 2.45) is 11.1 Å². The van der Waals surface area contributed by atoms with E-state index in [9.17, 15) is 23.1 Å². The largest absolute Gasteiger partial charge is 0.490 e. The summed E-state index contributed by atoms with van der Waals surface area (Å²) in [6.45, 7) is 19.2. The van der Waals surface area contributed by atoms with Crippen LogP contribution in [0.15, 0.2) is 76.6 Å². The second-order valence-corrected chi connectivity index (χ2v) is 12.8. The van der Waals surface area contributed by atoms with Crippen LogP contribution in [0.4, 0.5) is 13.2 Å². The Morgan fingerprint density at radius 3 is 2.31 bits per heavy atom. The van der Waals surface area contributed by atoms with Crippen LogP contribution in [0.5, 0.6) is 0 Å². The van der Waals surface area contributed by atoms with Crippen molar-refractivity contribution < 1.29 is 37.8 Å². The summed E-state index contributed by atoms with van der Waals surface area (Å²) < 4.78 is 31.7. The Morgan fingerprint density at radius 2 is 1.75 bits per heavy atom. The van der Waals surface area contributed by atoms with E-state index in [0.717, 1.165) is 75.1 Å². The van der Waals surface area contributed by atoms with Gasteiger partial charge in [0.2, 0.25) is 0 Å². The quantitative estimate of drug-likeness (QED) is 0.301. The van der Waals surface area contributed by atoms with Crippen molar-refractivity contribution in [2.75, 3.05) is 26.2 Å². The number of aromatic carboxylic acids is 1. The Bertz CT molecular complexity index is 1430. The number of nitrogens with zero attached hydrogens (tertiary/aromatic N) is 3. The molecule has 3 aliphatic heterocycles. The topological polar surface area (TPSA) is 103 Å². The summed E-state index contributed by atoms with van der Waals surface area (Å²) in [5.41, 5.74) is 7.19. The van der Waals surface area contributed by atoms with Gasteiger partial charge in [0.1, 0.15) is 5.60 Å². The highest BCUT2D eigenvalue weighted by Crippen LogP contribution is 2.40. The van der Waals surface area contributed by atoms with Crippen LogP contribution in [-0.2, 0) is 9.63 Å². The first kappa shape index (κ1) is 38.6. The maximum Gasteiger partial charge on any atom is 0.490 e. The lowest BCUT2D eigenvalue weighted by Gasteiger charge is -2.30. The first-order valence-electron chi connectivity index (χ1n) is 16.9. The third-order valence-corrected chi connectivity index (χ3v) is 9.06. The van der Waals surface area contributed by atoms with Gasteiger partial charge in [0.25, 0.3) is 0 Å². The molecule has 1 saturated heterocycles. The van der Waals surface area contributed by atoms with Crippen molar-refractivity contribution in [3.63, 3.8) is 0 Å². The smallest absolute Gasteiger partial charge is 0.478 e. The maximum atomic E-state index is 11.2. The van der Waals surface area contributed by atoms with Crippen LogP contribution < -0.4 is 0 Å². The monoisotopic (exact) mass is 673 g/mol. The number of carboxylic acid groups (broad SMARTS) is 2. The van der Waals surface area contributed by atoms with Crippen LogP contribution in [0.2, 0.25) is 0 Å². The van der Waals surface area contributed by atoms with Crippen molar-refractivity contribution in [2.45, 2.75) is 97.4 Å². The summed E-state index contributed by atoms with van der Waals surface area (Å²) in [6.07, 6.45) is 9.47. The van der Waals surface area contributed by atoms with Gasteiger partial charge in [-0.3, -0.25) is 4.90 Å². The third kappa shape index (κ3) is 10.8. The number of oxime groups is 1. The fraction of sp³-hybridized carbons (Fsp3) is 0.541. The highest BCUT2D eigenvalue weighted by Gasteiger charge is 2.41. The first-order valence-corrected chi connectivity index (χ1v) is 16.9. The molecule has 2 unspecified atom stereocenters. The van der Waals surface area contributed by atoms with Gasteiger partial charge in [-0.1, -0.05) is 62.4 Å². The van der Waals surface area contributed by atoms with E-state index in [1.54, 1.807) is 12.1 Å². The van der Waals surface area contributed by atoms with Crippen LogP contribution in [0.1, 0.15) is 95.5 Å². The molecule has 1 aromatic rings. The zero-order valence-electron chi connectivity index (χ0n) is 28.8. The molecule has 1 spiro atoms. The number of carbonyl (C=O) groups is 2. The number of benzene rings is 1. The van der Waals surface area contributed by atoms with Gasteiger partial charge in [0.05, 0.1) is 11.3 Å². The molecule has 0 radical (unpaired) electrons. The molecule has 0 aromatic heterocycles. The fourth-order valence-corrected chi connectivity index (χ4v) is 5.97. The number of allylic oxidation sites excluding steroid dienone is 3. The van der Waals surface area contributed by atoms with E-state index in [-0.39, 0.29) is 11.2 Å². The number of likely N-dealkylation sites (tertiary alicyclic amines) is 1. The minimum Gasteiger partial charge on any atom is -0.478 e. The molecule has 8 nitrogen and oxygen atoms in total. The predicted molar refractivity (Wildman–Crippen MR) is 182 cm³/mol. The predicted octanol–water partition coefficient (Wildman–Crippen LogP) is 8.23. The van der Waals surface area contributed by atoms with Crippen LogP contribution in [0, 0.1) is 5.92 Å². The van der Waals surface area contributed by atoms with E-state index in [4.69, 9.17) is 14.7 Å². The highest BCUT2D eigenvalue weighted by atomic mass is 19.4. The maximum absolute atomic E-state index is 11.2. The molecule has 1 aromatic carbocycles. The average Bonchev–Trinajstić information content (AvgIpc) is 3.84. The number of alkyl halides is 3.